The number of aromatic nitrogens is 1. The van der Waals surface area contributed by atoms with Crippen molar-refractivity contribution in [3.05, 3.63) is 72.0 Å². The van der Waals surface area contributed by atoms with Gasteiger partial charge < -0.3 is 9.73 Å². The van der Waals surface area contributed by atoms with E-state index in [0.717, 1.165) is 14.6 Å². The molecule has 0 unspecified atom stereocenters. The number of benzene rings is 2. The summed E-state index contributed by atoms with van der Waals surface area (Å²) in [5, 5.41) is 7.27. The van der Waals surface area contributed by atoms with Crippen molar-refractivity contribution >= 4 is 57.0 Å². The van der Waals surface area contributed by atoms with E-state index in [1.807, 2.05) is 30.3 Å². The average Bonchev–Trinajstić information content (AvgIpc) is 3.34. The molecule has 9 heteroatoms. The third-order valence-electron chi connectivity index (χ3n) is 3.89. The van der Waals surface area contributed by atoms with Crippen molar-refractivity contribution in [2.75, 3.05) is 5.32 Å². The lowest BCUT2D eigenvalue weighted by atomic mass is 10.2. The van der Waals surface area contributed by atoms with Crippen LogP contribution in [0.15, 0.2) is 79.6 Å². The molecule has 0 atom stereocenters. The minimum Gasteiger partial charge on any atom is -0.448 e. The van der Waals surface area contributed by atoms with Gasteiger partial charge in [-0.2, -0.15) is 5.10 Å². The van der Waals surface area contributed by atoms with Crippen LogP contribution < -0.4 is 10.7 Å². The molecule has 0 aliphatic rings. The Labute approximate surface area is 180 Å². The van der Waals surface area contributed by atoms with Gasteiger partial charge >= 0.3 is 0 Å². The Morgan fingerprint density at radius 2 is 1.90 bits per heavy atom. The number of nitrogens with one attached hydrogen (secondary N) is 2. The van der Waals surface area contributed by atoms with Crippen molar-refractivity contribution in [1.82, 2.24) is 10.4 Å². The summed E-state index contributed by atoms with van der Waals surface area (Å²) in [5.74, 6) is -0.0212. The van der Waals surface area contributed by atoms with Crippen LogP contribution >= 0.6 is 23.1 Å². The molecule has 0 saturated carbocycles. The van der Waals surface area contributed by atoms with E-state index >= 15 is 0 Å². The number of fused-ring (bicyclic) bond motifs is 1. The second-order valence-corrected chi connectivity index (χ2v) is 8.45. The van der Waals surface area contributed by atoms with Crippen molar-refractivity contribution in [1.29, 1.82) is 0 Å². The van der Waals surface area contributed by atoms with Gasteiger partial charge in [-0.05, 0) is 60.3 Å². The molecule has 0 aliphatic carbocycles. The van der Waals surface area contributed by atoms with E-state index in [1.54, 1.807) is 41.7 Å². The molecule has 0 spiro atoms. The summed E-state index contributed by atoms with van der Waals surface area (Å²) in [6.07, 6.45) is 1.44. The number of rotatable bonds is 6. The molecule has 0 radical (unpaired) electrons. The molecule has 2 aromatic heterocycles. The second-order valence-electron chi connectivity index (χ2n) is 6.16. The Kier molecular flexibility index (Phi) is 5.92. The van der Waals surface area contributed by atoms with Gasteiger partial charge in [-0.1, -0.05) is 12.1 Å². The van der Waals surface area contributed by atoms with Crippen LogP contribution in [0.1, 0.15) is 23.0 Å². The first-order valence-corrected chi connectivity index (χ1v) is 10.5. The van der Waals surface area contributed by atoms with Crippen LogP contribution in [-0.4, -0.2) is 23.0 Å². The average molecular weight is 437 g/mol. The Balaban J connectivity index is 1.34. The van der Waals surface area contributed by atoms with E-state index in [1.165, 1.54) is 24.9 Å². The number of carbonyl (C=O) groups is 2. The predicted octanol–water partition coefficient (Wildman–Crippen LogP) is 4.76. The highest BCUT2D eigenvalue weighted by molar-refractivity contribution is 8.01. The molecule has 2 aromatic carbocycles. The molecule has 7 nitrogen and oxygen atoms in total. The third kappa shape index (κ3) is 4.94. The topological polar surface area (TPSA) is 96.6 Å². The van der Waals surface area contributed by atoms with E-state index in [2.05, 4.69) is 20.8 Å². The first-order chi connectivity index (χ1) is 14.6. The zero-order valence-corrected chi connectivity index (χ0v) is 17.4. The standard InChI is InChI=1S/C21H16N4O3S2/c1-13(26)23-15-8-6-14(7-9-15)20(27)25-22-12-16-10-11-19(28-16)30-21-24-17-4-2-3-5-18(17)29-21/h2-12H,1H3,(H,23,26)(H,25,27). The van der Waals surface area contributed by atoms with Gasteiger partial charge in [0, 0.05) is 18.2 Å². The number of para-hydroxylation sites is 1. The number of furan rings is 1. The van der Waals surface area contributed by atoms with Gasteiger partial charge in [0.05, 0.1) is 16.4 Å². The van der Waals surface area contributed by atoms with Crippen LogP contribution in [0.25, 0.3) is 10.2 Å². The molecular weight excluding hydrogens is 420 g/mol. The number of thiazole rings is 1. The summed E-state index contributed by atoms with van der Waals surface area (Å²) in [6.45, 7) is 1.42. The summed E-state index contributed by atoms with van der Waals surface area (Å²) in [5.41, 5.74) is 4.46. The number of hydrogen-bond donors (Lipinski definition) is 2. The number of anilines is 1. The molecule has 0 saturated heterocycles. The van der Waals surface area contributed by atoms with Gasteiger partial charge in [-0.25, -0.2) is 10.4 Å². The second kappa shape index (κ2) is 8.93. The van der Waals surface area contributed by atoms with Crippen LogP contribution in [0.4, 0.5) is 5.69 Å². The summed E-state index contributed by atoms with van der Waals surface area (Å²) in [6, 6.07) is 18.1. The van der Waals surface area contributed by atoms with Crippen LogP contribution in [-0.2, 0) is 4.79 Å². The highest BCUT2D eigenvalue weighted by Crippen LogP contribution is 2.34. The van der Waals surface area contributed by atoms with E-state index in [0.29, 0.717) is 22.1 Å². The molecular formula is C21H16N4O3S2. The highest BCUT2D eigenvalue weighted by Gasteiger charge is 2.09. The number of hydrazone groups is 1. The predicted molar refractivity (Wildman–Crippen MR) is 118 cm³/mol. The number of hydrogen-bond acceptors (Lipinski definition) is 7. The van der Waals surface area contributed by atoms with Crippen molar-refractivity contribution in [2.45, 2.75) is 16.4 Å². The van der Waals surface area contributed by atoms with E-state index < -0.39 is 0 Å². The van der Waals surface area contributed by atoms with Crippen LogP contribution in [0, 0.1) is 0 Å². The lowest BCUT2D eigenvalue weighted by Gasteiger charge is -2.03. The smallest absolute Gasteiger partial charge is 0.271 e. The largest absolute Gasteiger partial charge is 0.448 e. The molecule has 0 fully saturated rings. The maximum Gasteiger partial charge on any atom is 0.271 e. The summed E-state index contributed by atoms with van der Waals surface area (Å²) >= 11 is 3.04. The Bertz CT molecular complexity index is 1200. The zero-order chi connectivity index (χ0) is 20.9. The fourth-order valence-electron chi connectivity index (χ4n) is 2.57. The van der Waals surface area contributed by atoms with Crippen LogP contribution in [0.5, 0.6) is 0 Å². The Morgan fingerprint density at radius 3 is 2.67 bits per heavy atom. The molecule has 2 N–H and O–H groups in total. The first kappa shape index (κ1) is 19.9. The van der Waals surface area contributed by atoms with Crippen molar-refractivity contribution in [2.24, 2.45) is 5.10 Å². The Hall–Kier alpha value is -3.43. The van der Waals surface area contributed by atoms with Gasteiger partial charge in [0.1, 0.15) is 5.76 Å². The fraction of sp³-hybridized carbons (Fsp3) is 0.0476. The normalized spacial score (nSPS) is 11.1. The minimum atomic E-state index is -0.365. The van der Waals surface area contributed by atoms with E-state index in [4.69, 9.17) is 4.42 Å². The van der Waals surface area contributed by atoms with Gasteiger partial charge in [-0.15, -0.1) is 11.3 Å². The van der Waals surface area contributed by atoms with Gasteiger partial charge in [-0.3, -0.25) is 9.59 Å². The molecule has 2 heterocycles. The van der Waals surface area contributed by atoms with Gasteiger partial charge in [0.15, 0.2) is 9.43 Å². The van der Waals surface area contributed by atoms with E-state index in [9.17, 15) is 9.59 Å². The molecule has 30 heavy (non-hydrogen) atoms. The van der Waals surface area contributed by atoms with E-state index in [-0.39, 0.29) is 11.8 Å². The quantitative estimate of drug-likeness (QED) is 0.335. The van der Waals surface area contributed by atoms with Crippen molar-refractivity contribution < 1.29 is 14.0 Å². The maximum atomic E-state index is 12.1. The zero-order valence-electron chi connectivity index (χ0n) is 15.8. The number of nitrogens with zero attached hydrogens (tertiary/aromatic N) is 2. The van der Waals surface area contributed by atoms with Gasteiger partial charge in [0.25, 0.3) is 5.91 Å². The molecule has 4 rings (SSSR count). The Morgan fingerprint density at radius 1 is 1.10 bits per heavy atom. The highest BCUT2D eigenvalue weighted by atomic mass is 32.2. The summed E-state index contributed by atoms with van der Waals surface area (Å²) < 4.78 is 7.73. The molecule has 0 bridgehead atoms. The lowest BCUT2D eigenvalue weighted by molar-refractivity contribution is -0.114. The molecule has 150 valence electrons. The monoisotopic (exact) mass is 436 g/mol. The third-order valence-corrected chi connectivity index (χ3v) is 5.91. The van der Waals surface area contributed by atoms with Gasteiger partial charge in [0.2, 0.25) is 5.91 Å². The SMILES string of the molecule is CC(=O)Nc1ccc(C(=O)NN=Cc2ccc(Sc3nc4ccccc4s3)o2)cc1. The van der Waals surface area contributed by atoms with Crippen molar-refractivity contribution in [3.63, 3.8) is 0 Å². The first-order valence-electron chi connectivity index (χ1n) is 8.91. The number of amides is 2. The minimum absolute atomic E-state index is 0.170. The summed E-state index contributed by atoms with van der Waals surface area (Å²) in [4.78, 5) is 27.7. The number of carbonyl (C=O) groups excluding carboxylic acids is 2. The summed E-state index contributed by atoms with van der Waals surface area (Å²) in [7, 11) is 0. The molecule has 2 amide bonds. The fourth-order valence-corrected chi connectivity index (χ4v) is 4.54. The van der Waals surface area contributed by atoms with Crippen LogP contribution in [0.3, 0.4) is 0 Å². The molecule has 0 aliphatic heterocycles. The van der Waals surface area contributed by atoms with Crippen molar-refractivity contribution in [3.8, 4) is 0 Å². The lowest BCUT2D eigenvalue weighted by Crippen LogP contribution is -2.17. The maximum absolute atomic E-state index is 12.1. The molecule has 4 aromatic rings. The van der Waals surface area contributed by atoms with Crippen LogP contribution in [0.2, 0.25) is 0 Å².